The molecular formula is C28H30F3N3O4. The van der Waals surface area contributed by atoms with Crippen LogP contribution >= 0.6 is 0 Å². The molecule has 0 saturated heterocycles. The van der Waals surface area contributed by atoms with Crippen LogP contribution in [0.5, 0.6) is 5.75 Å². The Morgan fingerprint density at radius 2 is 1.95 bits per heavy atom. The highest BCUT2D eigenvalue weighted by atomic mass is 19.1. The topological polar surface area (TPSA) is 89.4 Å². The highest BCUT2D eigenvalue weighted by molar-refractivity contribution is 6.00. The third kappa shape index (κ3) is 4.02. The van der Waals surface area contributed by atoms with Gasteiger partial charge >= 0.3 is 5.97 Å². The van der Waals surface area contributed by atoms with E-state index in [2.05, 4.69) is 10.2 Å². The van der Waals surface area contributed by atoms with Crippen molar-refractivity contribution in [2.24, 2.45) is 0 Å². The Labute approximate surface area is 217 Å². The first-order valence-corrected chi connectivity index (χ1v) is 12.5. The van der Waals surface area contributed by atoms with E-state index < -0.39 is 28.7 Å². The van der Waals surface area contributed by atoms with Gasteiger partial charge in [-0.25, -0.2) is 18.0 Å². The zero-order chi connectivity index (χ0) is 27.4. The Morgan fingerprint density at radius 1 is 1.24 bits per heavy atom. The number of rotatable bonds is 7. The molecular weight excluding hydrogens is 499 g/mol. The van der Waals surface area contributed by atoms with Crippen molar-refractivity contribution >= 4 is 27.8 Å². The molecule has 0 bridgehead atoms. The molecule has 202 valence electrons. The largest absolute Gasteiger partial charge is 0.494 e. The third-order valence-electron chi connectivity index (χ3n) is 7.75. The number of nitrogens with one attached hydrogen (secondary N) is 1. The minimum atomic E-state index is -2.31. The summed E-state index contributed by atoms with van der Waals surface area (Å²) in [5.41, 5.74) is -0.237. The molecule has 1 aliphatic carbocycles. The van der Waals surface area contributed by atoms with Crippen molar-refractivity contribution in [2.45, 2.75) is 56.5 Å². The molecule has 4 aromatic rings. The van der Waals surface area contributed by atoms with Crippen LogP contribution in [0.15, 0.2) is 30.5 Å². The minimum absolute atomic E-state index is 0.0348. The number of H-pyrrole nitrogens is 1. The number of aromatic amines is 1. The lowest BCUT2D eigenvalue weighted by Gasteiger charge is -2.34. The Hall–Kier alpha value is -3.53. The molecule has 1 aliphatic rings. The number of carboxylic acid groups (broad SMARTS) is 1. The number of halogens is 3. The maximum absolute atomic E-state index is 16.3. The van der Waals surface area contributed by atoms with E-state index in [1.54, 1.807) is 19.2 Å². The van der Waals surface area contributed by atoms with Gasteiger partial charge in [0.1, 0.15) is 5.52 Å². The van der Waals surface area contributed by atoms with Crippen LogP contribution in [0.2, 0.25) is 0 Å². The van der Waals surface area contributed by atoms with Crippen LogP contribution in [0.1, 0.15) is 56.7 Å². The first-order chi connectivity index (χ1) is 18.0. The molecule has 38 heavy (non-hydrogen) atoms. The fourth-order valence-corrected chi connectivity index (χ4v) is 5.96. The van der Waals surface area contributed by atoms with Crippen LogP contribution in [0.4, 0.5) is 13.2 Å². The van der Waals surface area contributed by atoms with Crippen molar-refractivity contribution in [3.63, 3.8) is 0 Å². The monoisotopic (exact) mass is 529 g/mol. The number of carboxylic acids is 1. The Balaban J connectivity index is 1.87. The number of hydrogen-bond acceptors (Lipinski definition) is 4. The molecule has 0 unspecified atom stereocenters. The molecule has 10 heteroatoms. The van der Waals surface area contributed by atoms with Crippen LogP contribution in [0, 0.1) is 11.6 Å². The highest BCUT2D eigenvalue weighted by Crippen LogP contribution is 2.49. The lowest BCUT2D eigenvalue weighted by Crippen LogP contribution is -2.38. The zero-order valence-electron chi connectivity index (χ0n) is 21.7. The molecule has 2 aromatic carbocycles. The van der Waals surface area contributed by atoms with Crippen molar-refractivity contribution in [3.8, 4) is 11.4 Å². The van der Waals surface area contributed by atoms with E-state index >= 15 is 8.78 Å². The molecule has 2 aromatic heterocycles. The van der Waals surface area contributed by atoms with E-state index in [1.165, 1.54) is 19.4 Å². The first kappa shape index (κ1) is 26.1. The van der Waals surface area contributed by atoms with Gasteiger partial charge in [0.05, 0.1) is 25.4 Å². The number of aromatic nitrogens is 3. The molecule has 2 heterocycles. The zero-order valence-corrected chi connectivity index (χ0v) is 21.7. The number of carbonyl (C=O) groups is 1. The van der Waals surface area contributed by atoms with Gasteiger partial charge in [0.25, 0.3) is 0 Å². The Morgan fingerprint density at radius 3 is 2.58 bits per heavy atom. The number of alkyl halides is 1. The Kier molecular flexibility index (Phi) is 6.41. The summed E-state index contributed by atoms with van der Waals surface area (Å²) < 4.78 is 58.5. The van der Waals surface area contributed by atoms with Gasteiger partial charge in [0.2, 0.25) is 5.67 Å². The van der Waals surface area contributed by atoms with Crippen LogP contribution in [-0.2, 0) is 14.9 Å². The van der Waals surface area contributed by atoms with Gasteiger partial charge in [-0.1, -0.05) is 13.8 Å². The van der Waals surface area contributed by atoms with Crippen molar-refractivity contribution in [1.82, 2.24) is 14.8 Å². The number of aliphatic carboxylic acids is 1. The van der Waals surface area contributed by atoms with Crippen molar-refractivity contribution in [1.29, 1.82) is 0 Å². The van der Waals surface area contributed by atoms with E-state index in [1.807, 2.05) is 24.5 Å². The van der Waals surface area contributed by atoms with Crippen LogP contribution in [0.3, 0.4) is 0 Å². The van der Waals surface area contributed by atoms with Crippen LogP contribution in [0.25, 0.3) is 27.5 Å². The number of hydrogen-bond donors (Lipinski definition) is 2. The lowest BCUT2D eigenvalue weighted by molar-refractivity contribution is -0.153. The molecule has 0 amide bonds. The summed E-state index contributed by atoms with van der Waals surface area (Å²) in [5, 5.41) is 17.1. The van der Waals surface area contributed by atoms with Crippen LogP contribution < -0.4 is 4.74 Å². The van der Waals surface area contributed by atoms with E-state index in [4.69, 9.17) is 9.47 Å². The van der Waals surface area contributed by atoms with E-state index in [0.717, 1.165) is 5.69 Å². The second-order valence-electron chi connectivity index (χ2n) is 10.7. The van der Waals surface area contributed by atoms with E-state index in [0.29, 0.717) is 27.5 Å². The van der Waals surface area contributed by atoms with Gasteiger partial charge in [-0.05, 0) is 55.4 Å². The number of methoxy groups -OCH3 is 2. The van der Waals surface area contributed by atoms with Gasteiger partial charge in [0.15, 0.2) is 17.4 Å². The summed E-state index contributed by atoms with van der Waals surface area (Å²) in [6.07, 6.45) is 1.63. The van der Waals surface area contributed by atoms with Crippen LogP contribution in [-0.4, -0.2) is 52.3 Å². The standard InChI is InChI=1S/C28H30F3N3O4/c1-27(2,14-37-3)25-21(15-7-9-28(31,10-8-15)26(35)36)22-19(11-16-13-32-33-24(16)23(22)30)34(25)17-5-6-18(29)20(12-17)38-4/h5-6,11-13,15H,7-10,14H2,1-4H3,(H,32,33)(H,35,36)/t15-,28+. The average Bonchev–Trinajstić information content (AvgIpc) is 3.49. The predicted molar refractivity (Wildman–Crippen MR) is 137 cm³/mol. The second kappa shape index (κ2) is 9.34. The van der Waals surface area contributed by atoms with E-state index in [9.17, 15) is 14.3 Å². The summed E-state index contributed by atoms with van der Waals surface area (Å²) in [6.45, 7) is 4.22. The van der Waals surface area contributed by atoms with E-state index in [-0.39, 0.29) is 49.5 Å². The Bertz CT molecular complexity index is 1530. The molecule has 5 rings (SSSR count). The van der Waals surface area contributed by atoms with Gasteiger partial charge < -0.3 is 19.1 Å². The van der Waals surface area contributed by atoms with Crippen molar-refractivity contribution < 1.29 is 32.5 Å². The summed E-state index contributed by atoms with van der Waals surface area (Å²) in [6, 6.07) is 6.27. The second-order valence-corrected chi connectivity index (χ2v) is 10.7. The number of fused-ring (bicyclic) bond motifs is 2. The SMILES string of the molecule is COCC(C)(C)c1c([C@H]2CC[C@](F)(C(=O)O)CC2)c2c(F)c3[nH]ncc3cc2n1-c1ccc(F)c(OC)c1. The van der Waals surface area contributed by atoms with Gasteiger partial charge in [0, 0.05) is 40.7 Å². The maximum atomic E-state index is 16.3. The predicted octanol–water partition coefficient (Wildman–Crippen LogP) is 6.17. The summed E-state index contributed by atoms with van der Waals surface area (Å²) in [7, 11) is 2.95. The fourth-order valence-electron chi connectivity index (χ4n) is 5.96. The lowest BCUT2D eigenvalue weighted by atomic mass is 9.73. The number of nitrogens with zero attached hydrogens (tertiary/aromatic N) is 2. The number of ether oxygens (including phenoxy) is 2. The smallest absolute Gasteiger partial charge is 0.341 e. The normalized spacial score (nSPS) is 20.3. The minimum Gasteiger partial charge on any atom is -0.494 e. The van der Waals surface area contributed by atoms with Gasteiger partial charge in [-0.3, -0.25) is 5.10 Å². The quantitative estimate of drug-likeness (QED) is 0.299. The first-order valence-electron chi connectivity index (χ1n) is 12.5. The third-order valence-corrected chi connectivity index (χ3v) is 7.75. The number of benzene rings is 2. The maximum Gasteiger partial charge on any atom is 0.341 e. The van der Waals surface area contributed by atoms with Gasteiger partial charge in [-0.15, -0.1) is 0 Å². The molecule has 1 saturated carbocycles. The molecule has 2 N–H and O–H groups in total. The summed E-state index contributed by atoms with van der Waals surface area (Å²) in [5.74, 6) is -2.78. The van der Waals surface area contributed by atoms with Crippen molar-refractivity contribution in [2.75, 3.05) is 20.8 Å². The average molecular weight is 530 g/mol. The molecule has 0 atom stereocenters. The molecule has 0 aliphatic heterocycles. The van der Waals surface area contributed by atoms with Gasteiger partial charge in [-0.2, -0.15) is 5.10 Å². The highest BCUT2D eigenvalue weighted by Gasteiger charge is 2.45. The molecule has 7 nitrogen and oxygen atoms in total. The fraction of sp³-hybridized carbons (Fsp3) is 0.429. The summed E-state index contributed by atoms with van der Waals surface area (Å²) in [4.78, 5) is 11.6. The molecule has 1 fully saturated rings. The van der Waals surface area contributed by atoms with Crippen molar-refractivity contribution in [3.05, 3.63) is 53.4 Å². The summed E-state index contributed by atoms with van der Waals surface area (Å²) >= 11 is 0. The molecule has 0 spiro atoms. The molecule has 0 radical (unpaired) electrons.